The van der Waals surface area contributed by atoms with Gasteiger partial charge in [0, 0.05) is 25.4 Å². The highest BCUT2D eigenvalue weighted by molar-refractivity contribution is 5.86. The number of hydrogen-bond acceptors (Lipinski definition) is 6. The molecule has 0 spiro atoms. The summed E-state index contributed by atoms with van der Waals surface area (Å²) < 4.78 is 8.37. The largest absolute Gasteiger partial charge is 0.490 e. The number of imidazole rings is 1. The second kappa shape index (κ2) is 7.43. The van der Waals surface area contributed by atoms with Crippen molar-refractivity contribution in [2.24, 2.45) is 0 Å². The van der Waals surface area contributed by atoms with E-state index in [9.17, 15) is 0 Å². The van der Waals surface area contributed by atoms with E-state index in [0.29, 0.717) is 23.6 Å². The van der Waals surface area contributed by atoms with Gasteiger partial charge >= 0.3 is 0 Å². The smallest absolute Gasteiger partial charge is 0.166 e. The van der Waals surface area contributed by atoms with Crippen molar-refractivity contribution >= 4 is 28.2 Å². The van der Waals surface area contributed by atoms with Crippen LogP contribution in [0, 0.1) is 0 Å². The molecule has 3 heterocycles. The van der Waals surface area contributed by atoms with Crippen LogP contribution < -0.4 is 10.6 Å². The van der Waals surface area contributed by atoms with Gasteiger partial charge in [-0.05, 0) is 35.7 Å². The molecule has 4 aromatic rings. The van der Waals surface area contributed by atoms with Crippen molar-refractivity contribution in [3.05, 3.63) is 83.6 Å². The van der Waals surface area contributed by atoms with Gasteiger partial charge in [-0.1, -0.05) is 36.4 Å². The summed E-state index contributed by atoms with van der Waals surface area (Å²) in [4.78, 5) is 15.0. The number of hydrogen-bond donors (Lipinski definition) is 1. The van der Waals surface area contributed by atoms with Gasteiger partial charge in [0.15, 0.2) is 11.5 Å². The van der Waals surface area contributed by atoms with Crippen molar-refractivity contribution in [1.29, 1.82) is 0 Å². The molecule has 2 N–H and O–H groups in total. The number of nitrogens with zero attached hydrogens (tertiary/aromatic N) is 5. The number of ether oxygens (including phenoxy) is 1. The van der Waals surface area contributed by atoms with E-state index in [1.165, 1.54) is 17.5 Å². The molecule has 2 aromatic heterocycles. The Bertz CT molecular complexity index is 1310. The monoisotopic (exact) mass is 412 g/mol. The Balaban J connectivity index is 1.73. The van der Waals surface area contributed by atoms with Crippen LogP contribution in [0.15, 0.2) is 66.9 Å². The van der Waals surface area contributed by atoms with Gasteiger partial charge in [-0.3, -0.25) is 0 Å². The molecule has 5 rings (SSSR count). The average Bonchev–Trinajstić information content (AvgIpc) is 3.23. The van der Waals surface area contributed by atoms with E-state index in [-0.39, 0.29) is 6.04 Å². The van der Waals surface area contributed by atoms with Crippen molar-refractivity contribution < 1.29 is 4.74 Å². The lowest BCUT2D eigenvalue weighted by molar-refractivity contribution is 0.167. The fraction of sp³-hybridized carbons (Fsp3) is 0.208. The van der Waals surface area contributed by atoms with E-state index in [4.69, 9.17) is 10.5 Å². The molecule has 1 aliphatic rings. The maximum Gasteiger partial charge on any atom is 0.166 e. The normalized spacial score (nSPS) is 14.3. The topological polar surface area (TPSA) is 82.1 Å². The number of rotatable bonds is 4. The predicted molar refractivity (Wildman–Crippen MR) is 122 cm³/mol. The van der Waals surface area contributed by atoms with Gasteiger partial charge in [0.1, 0.15) is 24.2 Å². The van der Waals surface area contributed by atoms with E-state index in [0.717, 1.165) is 22.6 Å². The van der Waals surface area contributed by atoms with Crippen LogP contribution in [0.4, 0.5) is 11.5 Å². The first-order chi connectivity index (χ1) is 15.0. The summed E-state index contributed by atoms with van der Waals surface area (Å²) in [6, 6.07) is 16.8. The standard InChI is InChI=1S/C24H24N6O/c1-15(30-14-28-21-23(25)26-13-27-24(21)30)22-20(16-8-6-9-18(11-16)29(2)3)19-10-5-4-7-17(19)12-31-22/h4-11,13-15H,12H2,1-3H3,(H2,25,26,27). The molecule has 0 radical (unpaired) electrons. The van der Waals surface area contributed by atoms with E-state index >= 15 is 0 Å². The third-order valence-electron chi connectivity index (χ3n) is 5.75. The minimum atomic E-state index is -0.134. The highest BCUT2D eigenvalue weighted by Crippen LogP contribution is 2.40. The lowest BCUT2D eigenvalue weighted by Gasteiger charge is -2.29. The van der Waals surface area contributed by atoms with Crippen molar-refractivity contribution in [2.45, 2.75) is 19.6 Å². The lowest BCUT2D eigenvalue weighted by atomic mass is 9.89. The van der Waals surface area contributed by atoms with Crippen molar-refractivity contribution in [1.82, 2.24) is 19.5 Å². The van der Waals surface area contributed by atoms with Crippen molar-refractivity contribution in [3.63, 3.8) is 0 Å². The number of anilines is 2. The van der Waals surface area contributed by atoms with E-state index < -0.39 is 0 Å². The van der Waals surface area contributed by atoms with Crippen LogP contribution >= 0.6 is 0 Å². The molecule has 0 saturated carbocycles. The van der Waals surface area contributed by atoms with E-state index in [2.05, 4.69) is 69.2 Å². The van der Waals surface area contributed by atoms with Gasteiger partial charge in [0.25, 0.3) is 0 Å². The molecule has 0 aliphatic carbocycles. The quantitative estimate of drug-likeness (QED) is 0.545. The summed E-state index contributed by atoms with van der Waals surface area (Å²) in [7, 11) is 4.09. The van der Waals surface area contributed by atoms with Crippen molar-refractivity contribution in [2.75, 3.05) is 24.7 Å². The molecule has 2 aromatic carbocycles. The second-order valence-corrected chi connectivity index (χ2v) is 7.89. The van der Waals surface area contributed by atoms with Gasteiger partial charge in [-0.15, -0.1) is 0 Å². The first-order valence-electron chi connectivity index (χ1n) is 10.2. The van der Waals surface area contributed by atoms with Crippen molar-refractivity contribution in [3.8, 4) is 0 Å². The van der Waals surface area contributed by atoms with Crippen LogP contribution in [0.5, 0.6) is 0 Å². The summed E-state index contributed by atoms with van der Waals surface area (Å²) in [5.41, 5.74) is 13.0. The molecule has 7 nitrogen and oxygen atoms in total. The summed E-state index contributed by atoms with van der Waals surface area (Å²) in [6.07, 6.45) is 3.22. The number of fused-ring (bicyclic) bond motifs is 2. The lowest BCUT2D eigenvalue weighted by Crippen LogP contribution is -2.17. The summed E-state index contributed by atoms with van der Waals surface area (Å²) in [5.74, 6) is 1.25. The Morgan fingerprint density at radius 3 is 2.74 bits per heavy atom. The van der Waals surface area contributed by atoms with Crippen LogP contribution in [-0.2, 0) is 11.3 Å². The van der Waals surface area contributed by atoms with Gasteiger partial charge in [0.2, 0.25) is 0 Å². The Labute approximate surface area is 180 Å². The van der Waals surface area contributed by atoms with Crippen LogP contribution in [0.2, 0.25) is 0 Å². The maximum atomic E-state index is 6.38. The highest BCUT2D eigenvalue weighted by Gasteiger charge is 2.27. The maximum absolute atomic E-state index is 6.38. The van der Waals surface area contributed by atoms with E-state index in [1.54, 1.807) is 6.33 Å². The van der Waals surface area contributed by atoms with Crippen LogP contribution in [0.1, 0.15) is 29.7 Å². The summed E-state index contributed by atoms with van der Waals surface area (Å²) >= 11 is 0. The van der Waals surface area contributed by atoms with Gasteiger partial charge in [-0.2, -0.15) is 0 Å². The Morgan fingerprint density at radius 1 is 1.06 bits per heavy atom. The fourth-order valence-corrected chi connectivity index (χ4v) is 4.10. The molecule has 156 valence electrons. The zero-order chi connectivity index (χ0) is 21.5. The molecule has 0 saturated heterocycles. The van der Waals surface area contributed by atoms with Crippen LogP contribution in [-0.4, -0.2) is 33.6 Å². The zero-order valence-electron chi connectivity index (χ0n) is 17.8. The minimum absolute atomic E-state index is 0.134. The number of nitrogen functional groups attached to an aromatic ring is 1. The molecule has 0 fully saturated rings. The molecule has 1 atom stereocenters. The molecule has 31 heavy (non-hydrogen) atoms. The van der Waals surface area contributed by atoms with Gasteiger partial charge in [-0.25, -0.2) is 15.0 Å². The number of aromatic nitrogens is 4. The molecular formula is C24H24N6O. The van der Waals surface area contributed by atoms with Crippen LogP contribution in [0.25, 0.3) is 16.7 Å². The first kappa shape index (κ1) is 19.1. The molecule has 1 aliphatic heterocycles. The predicted octanol–water partition coefficient (Wildman–Crippen LogP) is 4.03. The number of allylic oxidation sites excluding steroid dienone is 1. The summed E-state index contributed by atoms with van der Waals surface area (Å²) in [5, 5.41) is 0. The Morgan fingerprint density at radius 2 is 1.90 bits per heavy atom. The third kappa shape index (κ3) is 3.18. The highest BCUT2D eigenvalue weighted by atomic mass is 16.5. The first-order valence-corrected chi connectivity index (χ1v) is 10.2. The van der Waals surface area contributed by atoms with Gasteiger partial charge in [0.05, 0.1) is 12.4 Å². The van der Waals surface area contributed by atoms with Crippen LogP contribution in [0.3, 0.4) is 0 Å². The third-order valence-corrected chi connectivity index (χ3v) is 5.75. The minimum Gasteiger partial charge on any atom is -0.490 e. The number of nitrogens with two attached hydrogens (primary N) is 1. The molecule has 0 amide bonds. The average molecular weight is 412 g/mol. The van der Waals surface area contributed by atoms with Gasteiger partial charge < -0.3 is 19.9 Å². The molecule has 0 bridgehead atoms. The SMILES string of the molecule is CC(C1=C(c2cccc(N(C)C)c2)c2ccccc2CO1)n1cnc2c(N)ncnc21. The number of benzene rings is 2. The second-order valence-electron chi connectivity index (χ2n) is 7.89. The fourth-order valence-electron chi connectivity index (χ4n) is 4.10. The zero-order valence-corrected chi connectivity index (χ0v) is 17.8. The molecule has 7 heteroatoms. The molecule has 1 unspecified atom stereocenters. The Kier molecular flexibility index (Phi) is 4.58. The van der Waals surface area contributed by atoms with E-state index in [1.807, 2.05) is 24.7 Å². The summed E-state index contributed by atoms with van der Waals surface area (Å²) in [6.45, 7) is 2.62. The Hall–Kier alpha value is -3.87. The molecular weight excluding hydrogens is 388 g/mol.